The number of aromatic nitrogens is 1. The van der Waals surface area contributed by atoms with Gasteiger partial charge in [-0.25, -0.2) is 4.98 Å². The summed E-state index contributed by atoms with van der Waals surface area (Å²) in [5, 5.41) is 4.99. The fourth-order valence-corrected chi connectivity index (χ4v) is 5.29. The summed E-state index contributed by atoms with van der Waals surface area (Å²) in [4.78, 5) is 4.95. The van der Waals surface area contributed by atoms with Crippen LogP contribution >= 0.6 is 22.7 Å². The number of fused-ring (bicyclic) bond motifs is 5. The molecular weight excluding hydrogens is 306 g/mol. The molecule has 5 rings (SSSR count). The highest BCUT2D eigenvalue weighted by atomic mass is 32.2. The van der Waals surface area contributed by atoms with Crippen molar-refractivity contribution in [2.45, 2.75) is 0 Å². The van der Waals surface area contributed by atoms with Crippen molar-refractivity contribution in [3.63, 3.8) is 0 Å². The molecule has 0 unspecified atom stereocenters. The molecule has 22 heavy (non-hydrogen) atoms. The molecule has 0 bridgehead atoms. The maximum Gasteiger partial charge on any atom is 0.125 e. The van der Waals surface area contributed by atoms with Crippen LogP contribution in [0.15, 0.2) is 66.7 Å². The van der Waals surface area contributed by atoms with Gasteiger partial charge in [0.25, 0.3) is 0 Å². The highest BCUT2D eigenvalue weighted by Gasteiger charge is 2.14. The molecular formula is C19H11NS2. The monoisotopic (exact) mass is 317 g/mol. The minimum Gasteiger partial charge on any atom is -0.234 e. The molecule has 0 radical (unpaired) electrons. The van der Waals surface area contributed by atoms with Gasteiger partial charge >= 0.3 is 0 Å². The molecule has 1 nitrogen and oxygen atoms in total. The second-order valence-electron chi connectivity index (χ2n) is 5.28. The zero-order chi connectivity index (χ0) is 14.5. The largest absolute Gasteiger partial charge is 0.234 e. The van der Waals surface area contributed by atoms with E-state index in [1.807, 2.05) is 17.4 Å². The number of hydrogen-bond acceptors (Lipinski definition) is 3. The van der Waals surface area contributed by atoms with Crippen molar-refractivity contribution < 1.29 is 0 Å². The predicted molar refractivity (Wildman–Crippen MR) is 97.9 cm³/mol. The van der Waals surface area contributed by atoms with E-state index in [0.29, 0.717) is 0 Å². The number of nitrogens with zero attached hydrogens (tertiary/aromatic N) is 1. The Balaban J connectivity index is 1.88. The Morgan fingerprint density at radius 2 is 1.55 bits per heavy atom. The van der Waals surface area contributed by atoms with E-state index < -0.39 is 0 Å². The van der Waals surface area contributed by atoms with Gasteiger partial charge in [-0.15, -0.1) is 22.7 Å². The Kier molecular flexibility index (Phi) is 2.60. The minimum absolute atomic E-state index is 1.11. The minimum atomic E-state index is 1.11. The van der Waals surface area contributed by atoms with Crippen LogP contribution in [0.3, 0.4) is 0 Å². The van der Waals surface area contributed by atoms with Gasteiger partial charge in [-0.1, -0.05) is 60.7 Å². The zero-order valence-electron chi connectivity index (χ0n) is 11.6. The van der Waals surface area contributed by atoms with Gasteiger partial charge in [0.15, 0.2) is 0 Å². The van der Waals surface area contributed by atoms with Crippen molar-refractivity contribution in [1.29, 1.82) is 0 Å². The van der Waals surface area contributed by atoms with E-state index in [1.165, 1.54) is 30.4 Å². The van der Waals surface area contributed by atoms with Gasteiger partial charge in [-0.05, 0) is 16.8 Å². The maximum absolute atomic E-state index is 4.95. The Labute approximate surface area is 135 Å². The Morgan fingerprint density at radius 3 is 2.45 bits per heavy atom. The molecule has 0 saturated heterocycles. The predicted octanol–water partition coefficient (Wildman–Crippen LogP) is 6.33. The normalized spacial score (nSPS) is 11.6. The first-order valence-corrected chi connectivity index (χ1v) is 8.80. The third-order valence-corrected chi connectivity index (χ3v) is 6.29. The van der Waals surface area contributed by atoms with E-state index in [1.54, 1.807) is 11.3 Å². The first-order chi connectivity index (χ1) is 10.9. The van der Waals surface area contributed by atoms with Crippen molar-refractivity contribution in [2.24, 2.45) is 0 Å². The molecule has 5 aromatic rings. The molecule has 0 fully saturated rings. The summed E-state index contributed by atoms with van der Waals surface area (Å²) in [5.41, 5.74) is 2.35. The molecule has 104 valence electrons. The Bertz CT molecular complexity index is 1120. The average molecular weight is 317 g/mol. The lowest BCUT2D eigenvalue weighted by atomic mass is 10.1. The topological polar surface area (TPSA) is 12.9 Å². The maximum atomic E-state index is 4.95. The molecule has 0 aliphatic heterocycles. The van der Waals surface area contributed by atoms with E-state index in [0.717, 1.165) is 10.5 Å². The molecule has 3 aromatic carbocycles. The Morgan fingerprint density at radius 1 is 0.727 bits per heavy atom. The standard InChI is InChI=1S/C19H11NS2/c1-2-7-13(8-3-1)18-20-17-16-14-9-5-4-6-12(14)10-11-15(16)21-19(17)22-18/h1-11H. The van der Waals surface area contributed by atoms with Crippen LogP contribution in [0.5, 0.6) is 0 Å². The third kappa shape index (κ3) is 1.73. The molecule has 0 amide bonds. The van der Waals surface area contributed by atoms with E-state index in [9.17, 15) is 0 Å². The first-order valence-electron chi connectivity index (χ1n) is 7.16. The smallest absolute Gasteiger partial charge is 0.125 e. The summed E-state index contributed by atoms with van der Waals surface area (Å²) in [7, 11) is 0. The van der Waals surface area contributed by atoms with Crippen molar-refractivity contribution in [3.05, 3.63) is 66.7 Å². The van der Waals surface area contributed by atoms with Crippen LogP contribution in [-0.2, 0) is 0 Å². The zero-order valence-corrected chi connectivity index (χ0v) is 13.2. The molecule has 0 aliphatic rings. The molecule has 0 N–H and O–H groups in total. The molecule has 0 saturated carbocycles. The van der Waals surface area contributed by atoms with Gasteiger partial charge in [-0.2, -0.15) is 0 Å². The van der Waals surface area contributed by atoms with Crippen LogP contribution in [-0.4, -0.2) is 4.98 Å². The fraction of sp³-hybridized carbons (Fsp3) is 0. The molecule has 0 spiro atoms. The molecule has 3 heteroatoms. The van der Waals surface area contributed by atoms with E-state index in [4.69, 9.17) is 4.98 Å². The van der Waals surface area contributed by atoms with E-state index in [2.05, 4.69) is 60.7 Å². The summed E-state index contributed by atoms with van der Waals surface area (Å²) in [5.74, 6) is 0. The lowest BCUT2D eigenvalue weighted by Crippen LogP contribution is -1.76. The number of hydrogen-bond donors (Lipinski definition) is 0. The number of benzene rings is 3. The highest BCUT2D eigenvalue weighted by molar-refractivity contribution is 7.42. The second-order valence-corrected chi connectivity index (χ2v) is 7.59. The molecule has 0 aliphatic carbocycles. The van der Waals surface area contributed by atoms with Gasteiger partial charge in [0.1, 0.15) is 14.5 Å². The lowest BCUT2D eigenvalue weighted by Gasteiger charge is -1.99. The Hall–Kier alpha value is -2.23. The van der Waals surface area contributed by atoms with Crippen LogP contribution < -0.4 is 0 Å². The summed E-state index contributed by atoms with van der Waals surface area (Å²) < 4.78 is 2.64. The average Bonchev–Trinajstić information content (AvgIpc) is 3.13. The second kappa shape index (κ2) is 4.63. The van der Waals surface area contributed by atoms with Crippen molar-refractivity contribution >= 4 is 53.1 Å². The SMILES string of the molecule is c1ccc(-c2nc3c(s2)sc2ccc4ccccc4c23)cc1. The van der Waals surface area contributed by atoms with Crippen LogP contribution in [0.25, 0.3) is 41.0 Å². The summed E-state index contributed by atoms with van der Waals surface area (Å²) >= 11 is 3.64. The van der Waals surface area contributed by atoms with Gasteiger partial charge in [0.2, 0.25) is 0 Å². The van der Waals surface area contributed by atoms with Crippen molar-refractivity contribution in [1.82, 2.24) is 4.98 Å². The van der Waals surface area contributed by atoms with E-state index >= 15 is 0 Å². The van der Waals surface area contributed by atoms with Gasteiger partial charge in [0, 0.05) is 15.6 Å². The van der Waals surface area contributed by atoms with Crippen molar-refractivity contribution in [2.75, 3.05) is 0 Å². The van der Waals surface area contributed by atoms with Gasteiger partial charge in [-0.3, -0.25) is 0 Å². The molecule has 2 aromatic heterocycles. The fourth-order valence-electron chi connectivity index (χ4n) is 2.92. The van der Waals surface area contributed by atoms with E-state index in [-0.39, 0.29) is 0 Å². The van der Waals surface area contributed by atoms with Crippen LogP contribution in [0.4, 0.5) is 0 Å². The molecule has 0 atom stereocenters. The van der Waals surface area contributed by atoms with Crippen LogP contribution in [0, 0.1) is 0 Å². The van der Waals surface area contributed by atoms with Gasteiger partial charge in [0.05, 0.1) is 0 Å². The summed E-state index contributed by atoms with van der Waals surface area (Å²) in [6.45, 7) is 0. The summed E-state index contributed by atoms with van der Waals surface area (Å²) in [6, 6.07) is 23.4. The third-order valence-electron chi connectivity index (χ3n) is 3.95. The lowest BCUT2D eigenvalue weighted by molar-refractivity contribution is 1.49. The van der Waals surface area contributed by atoms with Crippen molar-refractivity contribution in [3.8, 4) is 10.6 Å². The van der Waals surface area contributed by atoms with Crippen LogP contribution in [0.1, 0.15) is 0 Å². The first kappa shape index (κ1) is 12.3. The number of rotatable bonds is 1. The quantitative estimate of drug-likeness (QED) is 0.352. The van der Waals surface area contributed by atoms with Crippen LogP contribution in [0.2, 0.25) is 0 Å². The number of thiophene rings is 1. The number of thiazole rings is 1. The van der Waals surface area contributed by atoms with Gasteiger partial charge < -0.3 is 0 Å². The molecule has 2 heterocycles. The highest BCUT2D eigenvalue weighted by Crippen LogP contribution is 2.42. The summed E-state index contributed by atoms with van der Waals surface area (Å²) in [6.07, 6.45) is 0.